The van der Waals surface area contributed by atoms with Gasteiger partial charge in [0.05, 0.1) is 6.61 Å². The van der Waals surface area contributed by atoms with Crippen molar-refractivity contribution in [3.63, 3.8) is 0 Å². The molecule has 0 N–H and O–H groups in total. The molecule has 1 heterocycles. The van der Waals surface area contributed by atoms with Crippen LogP contribution in [-0.2, 0) is 0 Å². The maximum Gasteiger partial charge on any atom is 1.00 e. The van der Waals surface area contributed by atoms with Crippen LogP contribution in [0, 0.1) is 6.42 Å². The number of ether oxygens (including phenoxy) is 1. The van der Waals surface area contributed by atoms with Crippen molar-refractivity contribution in [1.82, 2.24) is 0 Å². The van der Waals surface area contributed by atoms with Gasteiger partial charge < -0.3 is 4.74 Å². The Hall–Kier alpha value is -1.29. The van der Waals surface area contributed by atoms with Gasteiger partial charge in [-0.3, -0.25) is 0 Å². The maximum atomic E-state index is 5.65. The topological polar surface area (TPSA) is 9.23 Å². The second-order valence-corrected chi connectivity index (χ2v) is 4.03. The van der Waals surface area contributed by atoms with Gasteiger partial charge in [0.1, 0.15) is 5.75 Å². The van der Waals surface area contributed by atoms with Crippen LogP contribution in [0.5, 0.6) is 5.75 Å². The Morgan fingerprint density at radius 2 is 1.65 bits per heavy atom. The van der Waals surface area contributed by atoms with E-state index in [0.717, 1.165) is 12.4 Å². The SMILES string of the molecule is [Li+].c1ccc([CH-][C@@H]2COc3ccccc32)cc1. The molecule has 0 saturated carbocycles. The molecule has 0 amide bonds. The van der Waals surface area contributed by atoms with Crippen LogP contribution in [0.1, 0.15) is 17.0 Å². The molecule has 1 aliphatic heterocycles. The second kappa shape index (κ2) is 5.36. The molecule has 1 nitrogen and oxygen atoms in total. The number of rotatable bonds is 2. The minimum Gasteiger partial charge on any atom is -0.493 e. The van der Waals surface area contributed by atoms with Crippen molar-refractivity contribution < 1.29 is 23.6 Å². The molecule has 0 fully saturated rings. The molecule has 0 spiro atoms. The summed E-state index contributed by atoms with van der Waals surface area (Å²) in [6.45, 7) is 0.758. The predicted molar refractivity (Wildman–Crippen MR) is 64.5 cm³/mol. The average molecular weight is 216 g/mol. The van der Waals surface area contributed by atoms with E-state index in [4.69, 9.17) is 4.74 Å². The Kier molecular flexibility index (Phi) is 3.84. The number of fused-ring (bicyclic) bond motifs is 1. The Morgan fingerprint density at radius 3 is 2.47 bits per heavy atom. The summed E-state index contributed by atoms with van der Waals surface area (Å²) in [6, 6.07) is 18.7. The Balaban J connectivity index is 0.00000108. The molecule has 2 aromatic rings. The van der Waals surface area contributed by atoms with E-state index in [9.17, 15) is 0 Å². The van der Waals surface area contributed by atoms with E-state index < -0.39 is 0 Å². The van der Waals surface area contributed by atoms with Gasteiger partial charge in [0.15, 0.2) is 0 Å². The Labute approximate surface area is 114 Å². The van der Waals surface area contributed by atoms with Gasteiger partial charge in [-0.2, -0.15) is 24.1 Å². The predicted octanol–water partition coefficient (Wildman–Crippen LogP) is 0.419. The van der Waals surface area contributed by atoms with Crippen LogP contribution in [0.25, 0.3) is 0 Å². The third-order valence-corrected chi connectivity index (χ3v) is 2.93. The minimum absolute atomic E-state index is 0. The summed E-state index contributed by atoms with van der Waals surface area (Å²) < 4.78 is 5.65. The fourth-order valence-electron chi connectivity index (χ4n) is 2.12. The van der Waals surface area contributed by atoms with Gasteiger partial charge in [-0.05, 0) is 17.5 Å². The summed E-state index contributed by atoms with van der Waals surface area (Å²) in [4.78, 5) is 0. The normalized spacial score (nSPS) is 16.6. The molecule has 0 aliphatic carbocycles. The zero-order valence-corrected chi connectivity index (χ0v) is 9.97. The van der Waals surface area contributed by atoms with E-state index in [0.29, 0.717) is 5.92 Å². The number of hydrogen-bond donors (Lipinski definition) is 0. The molecule has 0 unspecified atom stereocenters. The summed E-state index contributed by atoms with van der Waals surface area (Å²) >= 11 is 0. The molecule has 0 radical (unpaired) electrons. The van der Waals surface area contributed by atoms with Crippen LogP contribution in [-0.4, -0.2) is 6.61 Å². The van der Waals surface area contributed by atoms with Gasteiger partial charge in [-0.1, -0.05) is 24.3 Å². The Bertz CT molecular complexity index is 481. The van der Waals surface area contributed by atoms with Gasteiger partial charge in [-0.15, -0.1) is 12.1 Å². The summed E-state index contributed by atoms with van der Waals surface area (Å²) in [6.07, 6.45) is 2.27. The van der Waals surface area contributed by atoms with E-state index in [1.165, 1.54) is 11.1 Å². The van der Waals surface area contributed by atoms with Gasteiger partial charge in [0, 0.05) is 0 Å². The molecule has 17 heavy (non-hydrogen) atoms. The van der Waals surface area contributed by atoms with Crippen molar-refractivity contribution in [2.45, 2.75) is 5.92 Å². The fourth-order valence-corrected chi connectivity index (χ4v) is 2.12. The Morgan fingerprint density at radius 1 is 0.941 bits per heavy atom. The molecule has 0 bridgehead atoms. The molecule has 2 aromatic carbocycles. The van der Waals surface area contributed by atoms with Crippen LogP contribution in [0.2, 0.25) is 0 Å². The standard InChI is InChI=1S/C15H13O.Li/c1-2-6-12(7-3-1)10-13-11-16-15-9-5-4-8-14(13)15;/h1-10,13H,11H2;/q-1;+1/t13-;/m1./s1. The van der Waals surface area contributed by atoms with E-state index in [1.807, 2.05) is 18.2 Å². The number of hydrogen-bond acceptors (Lipinski definition) is 1. The van der Waals surface area contributed by atoms with E-state index in [2.05, 4.69) is 42.8 Å². The molecule has 0 aromatic heterocycles. The first-order valence-corrected chi connectivity index (χ1v) is 5.55. The third-order valence-electron chi connectivity index (χ3n) is 2.93. The first kappa shape index (κ1) is 12.2. The first-order chi connectivity index (χ1) is 7.93. The third kappa shape index (κ3) is 2.52. The minimum atomic E-state index is 0. The molecular formula is C15H13LiO. The van der Waals surface area contributed by atoms with Gasteiger partial charge in [0.2, 0.25) is 0 Å². The molecule has 1 atom stereocenters. The largest absolute Gasteiger partial charge is 1.00 e. The van der Waals surface area contributed by atoms with Gasteiger partial charge in [-0.25, -0.2) is 0 Å². The maximum absolute atomic E-state index is 5.65. The van der Waals surface area contributed by atoms with Crippen molar-refractivity contribution >= 4 is 0 Å². The van der Waals surface area contributed by atoms with E-state index in [1.54, 1.807) is 0 Å². The number of benzene rings is 2. The summed E-state index contributed by atoms with van der Waals surface area (Å²) in [5.74, 6) is 1.42. The van der Waals surface area contributed by atoms with Crippen LogP contribution in [0.4, 0.5) is 0 Å². The van der Waals surface area contributed by atoms with Crippen LogP contribution < -0.4 is 23.6 Å². The van der Waals surface area contributed by atoms with Crippen LogP contribution in [0.3, 0.4) is 0 Å². The van der Waals surface area contributed by atoms with Crippen molar-refractivity contribution in [3.8, 4) is 5.75 Å². The quantitative estimate of drug-likeness (QED) is 0.522. The van der Waals surface area contributed by atoms with Crippen LogP contribution in [0.15, 0.2) is 54.6 Å². The summed E-state index contributed by atoms with van der Waals surface area (Å²) in [5.41, 5.74) is 2.55. The monoisotopic (exact) mass is 216 g/mol. The molecule has 2 heteroatoms. The molecule has 1 aliphatic rings. The fraction of sp³-hybridized carbons (Fsp3) is 0.133. The molecule has 3 rings (SSSR count). The molecular weight excluding hydrogens is 203 g/mol. The van der Waals surface area contributed by atoms with E-state index in [-0.39, 0.29) is 18.9 Å². The van der Waals surface area contributed by atoms with Crippen molar-refractivity contribution in [3.05, 3.63) is 72.1 Å². The number of para-hydroxylation sites is 1. The first-order valence-electron chi connectivity index (χ1n) is 5.55. The molecule has 0 saturated heterocycles. The second-order valence-electron chi connectivity index (χ2n) is 4.03. The molecule has 80 valence electrons. The zero-order chi connectivity index (χ0) is 10.8. The van der Waals surface area contributed by atoms with Crippen molar-refractivity contribution in [1.29, 1.82) is 0 Å². The van der Waals surface area contributed by atoms with Crippen molar-refractivity contribution in [2.24, 2.45) is 0 Å². The summed E-state index contributed by atoms with van der Waals surface area (Å²) in [7, 11) is 0. The smallest absolute Gasteiger partial charge is 0.493 e. The summed E-state index contributed by atoms with van der Waals surface area (Å²) in [5, 5.41) is 0. The average Bonchev–Trinajstić information content (AvgIpc) is 2.74. The van der Waals surface area contributed by atoms with Crippen LogP contribution >= 0.6 is 0 Å². The van der Waals surface area contributed by atoms with Gasteiger partial charge in [0.25, 0.3) is 0 Å². The van der Waals surface area contributed by atoms with E-state index >= 15 is 0 Å². The van der Waals surface area contributed by atoms with Crippen molar-refractivity contribution in [2.75, 3.05) is 6.61 Å². The van der Waals surface area contributed by atoms with Gasteiger partial charge >= 0.3 is 18.9 Å². The zero-order valence-electron chi connectivity index (χ0n) is 9.97.